The van der Waals surface area contributed by atoms with Crippen LogP contribution in [0.5, 0.6) is 5.75 Å². The zero-order valence-electron chi connectivity index (χ0n) is 10.6. The molecule has 0 bridgehead atoms. The van der Waals surface area contributed by atoms with Crippen LogP contribution in [-0.4, -0.2) is 31.1 Å². The first kappa shape index (κ1) is 13.9. The van der Waals surface area contributed by atoms with Crippen molar-refractivity contribution in [3.05, 3.63) is 29.6 Å². The van der Waals surface area contributed by atoms with Gasteiger partial charge in [-0.25, -0.2) is 4.39 Å². The number of ether oxygens (including phenoxy) is 1. The minimum absolute atomic E-state index is 0.300. The summed E-state index contributed by atoms with van der Waals surface area (Å²) >= 11 is 0. The Hall–Kier alpha value is -1.13. The van der Waals surface area contributed by atoms with Crippen LogP contribution >= 0.6 is 0 Å². The van der Waals surface area contributed by atoms with Crippen LogP contribution in [0.4, 0.5) is 4.39 Å². The monoisotopic (exact) mass is 240 g/mol. The van der Waals surface area contributed by atoms with Gasteiger partial charge in [-0.2, -0.15) is 0 Å². The maximum absolute atomic E-state index is 13.5. The van der Waals surface area contributed by atoms with Gasteiger partial charge in [0.2, 0.25) is 0 Å². The molecule has 0 aliphatic heterocycles. The molecule has 0 fully saturated rings. The zero-order chi connectivity index (χ0) is 12.7. The lowest BCUT2D eigenvalue weighted by Crippen LogP contribution is -2.28. The van der Waals surface area contributed by atoms with Crippen LogP contribution in [0.15, 0.2) is 18.2 Å². The van der Waals surface area contributed by atoms with Gasteiger partial charge in [0.05, 0.1) is 0 Å². The third kappa shape index (κ3) is 4.32. The lowest BCUT2D eigenvalue weighted by Gasteiger charge is -2.18. The molecule has 1 aromatic carbocycles. The average Bonchev–Trinajstić information content (AvgIpc) is 2.36. The van der Waals surface area contributed by atoms with Crippen molar-refractivity contribution in [3.8, 4) is 5.75 Å². The Morgan fingerprint density at radius 2 is 2.00 bits per heavy atom. The second-order valence-electron chi connectivity index (χ2n) is 3.84. The van der Waals surface area contributed by atoms with Gasteiger partial charge < -0.3 is 15.4 Å². The number of hydrogen-bond acceptors (Lipinski definition) is 3. The van der Waals surface area contributed by atoms with Gasteiger partial charge in [-0.05, 0) is 30.8 Å². The predicted octanol–water partition coefficient (Wildman–Crippen LogP) is 2.00. The molecule has 0 unspecified atom stereocenters. The van der Waals surface area contributed by atoms with Crippen LogP contribution < -0.4 is 10.5 Å². The molecular weight excluding hydrogens is 219 g/mol. The number of nitrogens with zero attached hydrogens (tertiary/aromatic N) is 1. The Balaban J connectivity index is 2.46. The molecule has 2 N–H and O–H groups in total. The van der Waals surface area contributed by atoms with E-state index in [0.717, 1.165) is 25.2 Å². The van der Waals surface area contributed by atoms with Gasteiger partial charge in [-0.15, -0.1) is 0 Å². The quantitative estimate of drug-likeness (QED) is 0.792. The van der Waals surface area contributed by atoms with Gasteiger partial charge in [0, 0.05) is 13.1 Å². The second-order valence-corrected chi connectivity index (χ2v) is 3.84. The molecule has 0 saturated heterocycles. The molecule has 0 aliphatic rings. The molecule has 1 aromatic rings. The van der Waals surface area contributed by atoms with Crippen molar-refractivity contribution in [2.24, 2.45) is 5.73 Å². The number of halogens is 1. The summed E-state index contributed by atoms with van der Waals surface area (Å²) in [5.41, 5.74) is 6.21. The lowest BCUT2D eigenvalue weighted by molar-refractivity contribution is 0.217. The van der Waals surface area contributed by atoms with Gasteiger partial charge in [-0.1, -0.05) is 19.9 Å². The van der Waals surface area contributed by atoms with E-state index in [1.165, 1.54) is 6.07 Å². The summed E-state index contributed by atoms with van der Waals surface area (Å²) in [4.78, 5) is 2.23. The maximum Gasteiger partial charge on any atom is 0.165 e. The van der Waals surface area contributed by atoms with Crippen molar-refractivity contribution in [2.75, 3.05) is 26.2 Å². The lowest BCUT2D eigenvalue weighted by atomic mass is 10.2. The minimum atomic E-state index is -0.340. The third-order valence-corrected chi connectivity index (χ3v) is 2.79. The summed E-state index contributed by atoms with van der Waals surface area (Å²) in [7, 11) is 0. The van der Waals surface area contributed by atoms with E-state index in [1.54, 1.807) is 12.1 Å². The SMILES string of the molecule is CCN(CC)CCOc1ccc(CN)cc1F. The molecule has 1 rings (SSSR count). The Labute approximate surface area is 102 Å². The smallest absolute Gasteiger partial charge is 0.165 e. The third-order valence-electron chi connectivity index (χ3n) is 2.79. The normalized spacial score (nSPS) is 10.9. The standard InChI is InChI=1S/C13H21FN2O/c1-3-16(4-2)7-8-17-13-6-5-11(10-15)9-12(13)14/h5-6,9H,3-4,7-8,10,15H2,1-2H3. The molecule has 0 amide bonds. The molecule has 0 aliphatic carbocycles. The summed E-state index contributed by atoms with van der Waals surface area (Å²) in [6, 6.07) is 4.85. The Morgan fingerprint density at radius 1 is 1.29 bits per heavy atom. The summed E-state index contributed by atoms with van der Waals surface area (Å²) in [5, 5.41) is 0. The highest BCUT2D eigenvalue weighted by molar-refractivity contribution is 5.29. The van der Waals surface area contributed by atoms with Gasteiger partial charge in [-0.3, -0.25) is 0 Å². The molecule has 0 radical (unpaired) electrons. The first-order valence-electron chi connectivity index (χ1n) is 6.04. The molecule has 96 valence electrons. The molecule has 3 nitrogen and oxygen atoms in total. The molecule has 0 spiro atoms. The van der Waals surface area contributed by atoms with E-state index < -0.39 is 0 Å². The summed E-state index contributed by atoms with van der Waals surface area (Å²) < 4.78 is 18.9. The Kier molecular flexibility index (Phi) is 5.94. The van der Waals surface area contributed by atoms with Gasteiger partial charge in [0.1, 0.15) is 6.61 Å². The molecule has 17 heavy (non-hydrogen) atoms. The van der Waals surface area contributed by atoms with Crippen molar-refractivity contribution in [1.82, 2.24) is 4.90 Å². The van der Waals surface area contributed by atoms with E-state index in [9.17, 15) is 4.39 Å². The fraction of sp³-hybridized carbons (Fsp3) is 0.538. The van der Waals surface area contributed by atoms with E-state index in [1.807, 2.05) is 0 Å². The molecule has 4 heteroatoms. The Bertz CT molecular complexity index is 340. The summed E-state index contributed by atoms with van der Waals surface area (Å²) in [5.74, 6) is -0.0400. The van der Waals surface area contributed by atoms with Crippen molar-refractivity contribution in [2.45, 2.75) is 20.4 Å². The highest BCUT2D eigenvalue weighted by Crippen LogP contribution is 2.17. The number of nitrogens with two attached hydrogens (primary N) is 1. The molecule has 0 heterocycles. The summed E-state index contributed by atoms with van der Waals surface area (Å²) in [6.07, 6.45) is 0. The number of benzene rings is 1. The highest BCUT2D eigenvalue weighted by atomic mass is 19.1. The molecule has 0 aromatic heterocycles. The van der Waals surface area contributed by atoms with E-state index in [2.05, 4.69) is 18.7 Å². The van der Waals surface area contributed by atoms with Gasteiger partial charge in [0.25, 0.3) is 0 Å². The van der Waals surface area contributed by atoms with E-state index in [-0.39, 0.29) is 5.82 Å². The largest absolute Gasteiger partial charge is 0.489 e. The topological polar surface area (TPSA) is 38.5 Å². The van der Waals surface area contributed by atoms with Crippen LogP contribution in [0.25, 0.3) is 0 Å². The van der Waals surface area contributed by atoms with Gasteiger partial charge in [0.15, 0.2) is 11.6 Å². The molecular formula is C13H21FN2O. The van der Waals surface area contributed by atoms with E-state index >= 15 is 0 Å². The fourth-order valence-electron chi connectivity index (χ4n) is 1.61. The van der Waals surface area contributed by atoms with Crippen molar-refractivity contribution >= 4 is 0 Å². The zero-order valence-corrected chi connectivity index (χ0v) is 10.6. The van der Waals surface area contributed by atoms with Crippen molar-refractivity contribution in [3.63, 3.8) is 0 Å². The number of rotatable bonds is 7. The Morgan fingerprint density at radius 3 is 2.53 bits per heavy atom. The number of hydrogen-bond donors (Lipinski definition) is 1. The average molecular weight is 240 g/mol. The second kappa shape index (κ2) is 7.25. The first-order chi connectivity index (χ1) is 8.21. The predicted molar refractivity (Wildman–Crippen MR) is 67.6 cm³/mol. The minimum Gasteiger partial charge on any atom is -0.489 e. The van der Waals surface area contributed by atoms with Crippen LogP contribution in [0, 0.1) is 5.82 Å². The van der Waals surface area contributed by atoms with E-state index in [4.69, 9.17) is 10.5 Å². The highest BCUT2D eigenvalue weighted by Gasteiger charge is 2.05. The molecule has 0 atom stereocenters. The van der Waals surface area contributed by atoms with Crippen molar-refractivity contribution in [1.29, 1.82) is 0 Å². The van der Waals surface area contributed by atoms with E-state index in [0.29, 0.717) is 18.9 Å². The van der Waals surface area contributed by atoms with Crippen LogP contribution in [0.2, 0.25) is 0 Å². The first-order valence-corrected chi connectivity index (χ1v) is 6.04. The fourth-order valence-corrected chi connectivity index (χ4v) is 1.61. The molecule has 0 saturated carbocycles. The summed E-state index contributed by atoms with van der Waals surface area (Å²) in [6.45, 7) is 7.81. The van der Waals surface area contributed by atoms with Gasteiger partial charge >= 0.3 is 0 Å². The number of likely N-dealkylation sites (N-methyl/N-ethyl adjacent to an activating group) is 1. The van der Waals surface area contributed by atoms with Crippen molar-refractivity contribution < 1.29 is 9.13 Å². The van der Waals surface area contributed by atoms with Crippen LogP contribution in [0.3, 0.4) is 0 Å². The van der Waals surface area contributed by atoms with Crippen LogP contribution in [0.1, 0.15) is 19.4 Å². The maximum atomic E-state index is 13.5. The van der Waals surface area contributed by atoms with Crippen LogP contribution in [-0.2, 0) is 6.54 Å².